The van der Waals surface area contributed by atoms with Crippen LogP contribution in [0, 0.1) is 0 Å². The summed E-state index contributed by atoms with van der Waals surface area (Å²) in [7, 11) is 0. The van der Waals surface area contributed by atoms with E-state index in [4.69, 9.17) is 11.6 Å². The highest BCUT2D eigenvalue weighted by atomic mass is 35.5. The number of alkyl halides is 3. The Balaban J connectivity index is 1.86. The van der Waals surface area contributed by atoms with Crippen LogP contribution in [0.4, 0.5) is 13.2 Å². The summed E-state index contributed by atoms with van der Waals surface area (Å²) in [6, 6.07) is 14.1. The van der Waals surface area contributed by atoms with Gasteiger partial charge >= 0.3 is 12.1 Å². The summed E-state index contributed by atoms with van der Waals surface area (Å²) in [5.74, 6) is -1.47. The fourth-order valence-electron chi connectivity index (χ4n) is 1.82. The Bertz CT molecular complexity index is 835. The first-order valence-electron chi connectivity index (χ1n) is 6.36. The monoisotopic (exact) mass is 356 g/mol. The van der Waals surface area contributed by atoms with Crippen molar-refractivity contribution in [2.45, 2.75) is 16.0 Å². The van der Waals surface area contributed by atoms with Gasteiger partial charge in [-0.25, -0.2) is 0 Å². The minimum atomic E-state index is -4.65. The Hall–Kier alpha value is -1.99. The fraction of sp³-hybridized carbons (Fsp3) is 0.0667. The highest BCUT2D eigenvalue weighted by molar-refractivity contribution is 7.99. The third-order valence-corrected chi connectivity index (χ3v) is 4.01. The molecule has 8 heteroatoms. The van der Waals surface area contributed by atoms with Gasteiger partial charge < -0.3 is 4.52 Å². The van der Waals surface area contributed by atoms with Crippen LogP contribution in [0.1, 0.15) is 5.89 Å². The van der Waals surface area contributed by atoms with Gasteiger partial charge in [0.2, 0.25) is 5.82 Å². The van der Waals surface area contributed by atoms with Gasteiger partial charge in [-0.3, -0.25) is 0 Å². The maximum Gasteiger partial charge on any atom is 0.471 e. The van der Waals surface area contributed by atoms with Crippen molar-refractivity contribution in [3.8, 4) is 11.4 Å². The van der Waals surface area contributed by atoms with E-state index in [0.29, 0.717) is 10.6 Å². The average molecular weight is 357 g/mol. The van der Waals surface area contributed by atoms with Gasteiger partial charge in [-0.15, -0.1) is 0 Å². The highest BCUT2D eigenvalue weighted by Crippen LogP contribution is 2.33. The van der Waals surface area contributed by atoms with Crippen LogP contribution in [-0.4, -0.2) is 10.1 Å². The Morgan fingerprint density at radius 3 is 2.35 bits per heavy atom. The van der Waals surface area contributed by atoms with Gasteiger partial charge in [-0.1, -0.05) is 46.7 Å². The molecule has 0 amide bonds. The van der Waals surface area contributed by atoms with E-state index in [-0.39, 0.29) is 5.82 Å². The molecule has 118 valence electrons. The number of aromatic nitrogens is 2. The molecule has 0 saturated carbocycles. The first kappa shape index (κ1) is 15.9. The molecule has 1 aromatic heterocycles. The standard InChI is InChI=1S/C15H8ClF3N2OS/c16-10-4-2-6-12(8-10)23-11-5-1-3-9(7-11)13-20-14(22-21-13)15(17,18)19/h1-8H. The van der Waals surface area contributed by atoms with Crippen LogP contribution in [0.15, 0.2) is 62.8 Å². The Labute approximate surface area is 138 Å². The average Bonchev–Trinajstić information content (AvgIpc) is 2.97. The predicted octanol–water partition coefficient (Wildman–Crippen LogP) is 5.56. The molecule has 0 aliphatic rings. The van der Waals surface area contributed by atoms with E-state index in [1.807, 2.05) is 18.2 Å². The molecule has 0 spiro atoms. The second-order valence-corrected chi connectivity index (χ2v) is 6.09. The summed E-state index contributed by atoms with van der Waals surface area (Å²) in [6.07, 6.45) is -4.65. The number of hydrogen-bond acceptors (Lipinski definition) is 4. The van der Waals surface area contributed by atoms with Crippen LogP contribution >= 0.6 is 23.4 Å². The molecule has 2 aromatic carbocycles. The van der Waals surface area contributed by atoms with E-state index < -0.39 is 12.1 Å². The van der Waals surface area contributed by atoms with Gasteiger partial charge in [0.05, 0.1) is 0 Å². The number of benzene rings is 2. The van der Waals surface area contributed by atoms with Crippen molar-refractivity contribution in [3.05, 3.63) is 59.4 Å². The molecule has 0 aliphatic heterocycles. The molecule has 0 unspecified atom stereocenters. The zero-order chi connectivity index (χ0) is 16.4. The summed E-state index contributed by atoms with van der Waals surface area (Å²) in [5, 5.41) is 3.99. The molecule has 0 saturated heterocycles. The van der Waals surface area contributed by atoms with Crippen LogP contribution in [0.25, 0.3) is 11.4 Å². The van der Waals surface area contributed by atoms with Crippen LogP contribution in [-0.2, 0) is 6.18 Å². The molecule has 3 nitrogen and oxygen atoms in total. The van der Waals surface area contributed by atoms with Gasteiger partial charge in [0.15, 0.2) is 0 Å². The molecule has 3 aromatic rings. The van der Waals surface area contributed by atoms with E-state index in [1.54, 1.807) is 30.3 Å². The first-order valence-corrected chi connectivity index (χ1v) is 7.56. The molecule has 0 atom stereocenters. The molecular weight excluding hydrogens is 349 g/mol. The smallest absolute Gasteiger partial charge is 0.329 e. The summed E-state index contributed by atoms with van der Waals surface area (Å²) in [4.78, 5) is 5.12. The lowest BCUT2D eigenvalue weighted by molar-refractivity contribution is -0.159. The lowest BCUT2D eigenvalue weighted by Gasteiger charge is -2.03. The van der Waals surface area contributed by atoms with Crippen molar-refractivity contribution in [1.29, 1.82) is 0 Å². The van der Waals surface area contributed by atoms with Crippen molar-refractivity contribution < 1.29 is 17.7 Å². The molecular formula is C15H8ClF3N2OS. The van der Waals surface area contributed by atoms with Crippen molar-refractivity contribution in [2.75, 3.05) is 0 Å². The van der Waals surface area contributed by atoms with Crippen molar-refractivity contribution in [2.24, 2.45) is 0 Å². The van der Waals surface area contributed by atoms with Crippen LogP contribution < -0.4 is 0 Å². The van der Waals surface area contributed by atoms with E-state index in [1.165, 1.54) is 11.8 Å². The maximum absolute atomic E-state index is 12.5. The molecule has 0 bridgehead atoms. The second kappa shape index (κ2) is 6.25. The summed E-state index contributed by atoms with van der Waals surface area (Å²) < 4.78 is 41.8. The minimum Gasteiger partial charge on any atom is -0.329 e. The van der Waals surface area contributed by atoms with Crippen LogP contribution in [0.2, 0.25) is 5.02 Å². The Morgan fingerprint density at radius 2 is 1.70 bits per heavy atom. The number of halogens is 4. The summed E-state index contributed by atoms with van der Waals surface area (Å²) >= 11 is 7.36. The van der Waals surface area contributed by atoms with Gasteiger partial charge in [0, 0.05) is 20.4 Å². The third-order valence-electron chi connectivity index (χ3n) is 2.79. The molecule has 0 aliphatic carbocycles. The molecule has 3 rings (SSSR count). The zero-order valence-corrected chi connectivity index (χ0v) is 12.9. The molecule has 23 heavy (non-hydrogen) atoms. The SMILES string of the molecule is FC(F)(F)c1nc(-c2cccc(Sc3cccc(Cl)c3)c2)no1. The van der Waals surface area contributed by atoms with E-state index >= 15 is 0 Å². The van der Waals surface area contributed by atoms with Gasteiger partial charge in [0.25, 0.3) is 0 Å². The van der Waals surface area contributed by atoms with Crippen molar-refractivity contribution in [3.63, 3.8) is 0 Å². The summed E-state index contributed by atoms with van der Waals surface area (Å²) in [5.41, 5.74) is 0.441. The van der Waals surface area contributed by atoms with Crippen LogP contribution in [0.5, 0.6) is 0 Å². The molecule has 0 fully saturated rings. The van der Waals surface area contributed by atoms with E-state index in [0.717, 1.165) is 9.79 Å². The predicted molar refractivity (Wildman–Crippen MR) is 80.3 cm³/mol. The molecule has 0 N–H and O–H groups in total. The minimum absolute atomic E-state index is 0.106. The van der Waals surface area contributed by atoms with Gasteiger partial charge in [-0.2, -0.15) is 18.2 Å². The van der Waals surface area contributed by atoms with Gasteiger partial charge in [0.1, 0.15) is 0 Å². The van der Waals surface area contributed by atoms with Crippen LogP contribution in [0.3, 0.4) is 0 Å². The van der Waals surface area contributed by atoms with Crippen molar-refractivity contribution in [1.82, 2.24) is 10.1 Å². The molecule has 0 radical (unpaired) electrons. The largest absolute Gasteiger partial charge is 0.471 e. The fourth-order valence-corrected chi connectivity index (χ4v) is 3.01. The van der Waals surface area contributed by atoms with E-state index in [2.05, 4.69) is 14.7 Å². The quantitative estimate of drug-likeness (QED) is 0.616. The normalized spacial score (nSPS) is 11.7. The lowest BCUT2D eigenvalue weighted by atomic mass is 10.2. The number of rotatable bonds is 3. The van der Waals surface area contributed by atoms with Gasteiger partial charge in [-0.05, 0) is 30.3 Å². The maximum atomic E-state index is 12.5. The topological polar surface area (TPSA) is 38.9 Å². The Morgan fingerprint density at radius 1 is 1.00 bits per heavy atom. The third kappa shape index (κ3) is 3.86. The number of nitrogens with zero attached hydrogens (tertiary/aromatic N) is 2. The first-order chi connectivity index (χ1) is 10.9. The molecule has 1 heterocycles. The zero-order valence-electron chi connectivity index (χ0n) is 11.3. The number of hydrogen-bond donors (Lipinski definition) is 0. The highest BCUT2D eigenvalue weighted by Gasteiger charge is 2.38. The lowest BCUT2D eigenvalue weighted by Crippen LogP contribution is -2.04. The summed E-state index contributed by atoms with van der Waals surface area (Å²) in [6.45, 7) is 0. The second-order valence-electron chi connectivity index (χ2n) is 4.51. The van der Waals surface area contributed by atoms with Crippen molar-refractivity contribution >= 4 is 23.4 Å². The Kier molecular flexibility index (Phi) is 4.32. The van der Waals surface area contributed by atoms with E-state index in [9.17, 15) is 13.2 Å².